The third kappa shape index (κ3) is 2.41. The summed E-state index contributed by atoms with van der Waals surface area (Å²) in [6, 6.07) is 0. The minimum Gasteiger partial charge on any atom is -0.333 e. The highest BCUT2D eigenvalue weighted by Crippen LogP contribution is 2.11. The molecule has 1 aliphatic heterocycles. The van der Waals surface area contributed by atoms with E-state index in [4.69, 9.17) is 0 Å². The van der Waals surface area contributed by atoms with E-state index in [9.17, 15) is 9.18 Å². The number of hydrogen-bond acceptors (Lipinski definition) is 1. The van der Waals surface area contributed by atoms with Crippen LogP contribution in [-0.2, 0) is 4.79 Å². The van der Waals surface area contributed by atoms with Gasteiger partial charge in [-0.25, -0.2) is 4.39 Å². The van der Waals surface area contributed by atoms with Gasteiger partial charge >= 0.3 is 0 Å². The number of amides is 1. The molecule has 0 atom stereocenters. The van der Waals surface area contributed by atoms with E-state index in [-0.39, 0.29) is 0 Å². The molecule has 72 valence electrons. The molecule has 0 fully saturated rings. The summed E-state index contributed by atoms with van der Waals surface area (Å²) < 4.78 is 13.2. The van der Waals surface area contributed by atoms with Gasteiger partial charge in [0.2, 0.25) is 0 Å². The normalized spacial score (nSPS) is 15.8. The average Bonchev–Trinajstić information content (AvgIpc) is 2.17. The van der Waals surface area contributed by atoms with E-state index >= 15 is 0 Å². The maximum absolute atomic E-state index is 13.2. The summed E-state index contributed by atoms with van der Waals surface area (Å²) >= 11 is 0. The zero-order valence-electron chi connectivity index (χ0n) is 8.01. The lowest BCUT2D eigenvalue weighted by molar-refractivity contribution is -0.128. The summed E-state index contributed by atoms with van der Waals surface area (Å²) in [5.41, 5.74) is 0.444. The van der Waals surface area contributed by atoms with Crippen molar-refractivity contribution in [1.82, 2.24) is 4.90 Å². The van der Waals surface area contributed by atoms with Gasteiger partial charge in [-0.3, -0.25) is 4.79 Å². The van der Waals surface area contributed by atoms with Crippen LogP contribution in [0.25, 0.3) is 0 Å². The van der Waals surface area contributed by atoms with Crippen LogP contribution in [0, 0.1) is 0 Å². The summed E-state index contributed by atoms with van der Waals surface area (Å²) in [6.07, 6.45) is 4.71. The van der Waals surface area contributed by atoms with E-state index in [1.165, 1.54) is 4.90 Å². The van der Waals surface area contributed by atoms with Gasteiger partial charge in [-0.15, -0.1) is 0 Å². The fourth-order valence-corrected chi connectivity index (χ4v) is 1.18. The lowest BCUT2D eigenvalue weighted by atomic mass is 10.2. The Morgan fingerprint density at radius 1 is 1.38 bits per heavy atom. The summed E-state index contributed by atoms with van der Waals surface area (Å²) in [7, 11) is 0. The maximum atomic E-state index is 13.2. The second kappa shape index (κ2) is 4.21. The molecule has 1 heterocycles. The zero-order chi connectivity index (χ0) is 9.84. The van der Waals surface area contributed by atoms with Crippen molar-refractivity contribution < 1.29 is 9.18 Å². The van der Waals surface area contributed by atoms with E-state index in [1.807, 2.05) is 12.2 Å². The monoisotopic (exact) mass is 183 g/mol. The molecule has 0 spiro atoms. The van der Waals surface area contributed by atoms with Crippen LogP contribution < -0.4 is 0 Å². The van der Waals surface area contributed by atoms with E-state index in [2.05, 4.69) is 0 Å². The topological polar surface area (TPSA) is 20.3 Å². The first-order valence-electron chi connectivity index (χ1n) is 4.40. The van der Waals surface area contributed by atoms with Gasteiger partial charge in [0.15, 0.2) is 5.83 Å². The second-order valence-corrected chi connectivity index (χ2v) is 3.33. The fraction of sp³-hybridized carbons (Fsp3) is 0.500. The summed E-state index contributed by atoms with van der Waals surface area (Å²) in [4.78, 5) is 12.9. The highest BCUT2D eigenvalue weighted by molar-refractivity contribution is 5.92. The molecule has 0 aromatic carbocycles. The molecule has 3 heteroatoms. The van der Waals surface area contributed by atoms with Gasteiger partial charge < -0.3 is 4.90 Å². The Hall–Kier alpha value is -1.12. The number of rotatable bonds is 1. The van der Waals surface area contributed by atoms with Crippen molar-refractivity contribution in [3.05, 3.63) is 23.6 Å². The van der Waals surface area contributed by atoms with Gasteiger partial charge in [0, 0.05) is 13.1 Å². The molecule has 0 radical (unpaired) electrons. The molecule has 0 unspecified atom stereocenters. The van der Waals surface area contributed by atoms with Crippen LogP contribution >= 0.6 is 0 Å². The Kier molecular flexibility index (Phi) is 3.23. The Bertz CT molecular complexity index is 264. The van der Waals surface area contributed by atoms with Crippen molar-refractivity contribution >= 4 is 5.91 Å². The van der Waals surface area contributed by atoms with Crippen molar-refractivity contribution in [3.8, 4) is 0 Å². The number of halogens is 1. The van der Waals surface area contributed by atoms with Crippen LogP contribution in [0.15, 0.2) is 23.6 Å². The predicted octanol–water partition coefficient (Wildman–Crippen LogP) is 2.04. The van der Waals surface area contributed by atoms with Crippen molar-refractivity contribution in [2.75, 3.05) is 13.1 Å². The van der Waals surface area contributed by atoms with Gasteiger partial charge in [-0.1, -0.05) is 12.2 Å². The van der Waals surface area contributed by atoms with Crippen molar-refractivity contribution in [2.24, 2.45) is 0 Å². The van der Waals surface area contributed by atoms with Gasteiger partial charge in [-0.05, 0) is 25.8 Å². The molecule has 0 saturated carbocycles. The number of carbonyl (C=O) groups is 1. The van der Waals surface area contributed by atoms with Gasteiger partial charge in [0.05, 0.1) is 0 Å². The Balaban J connectivity index is 2.68. The molecular weight excluding hydrogens is 169 g/mol. The molecule has 1 amide bonds. The smallest absolute Gasteiger partial charge is 0.282 e. The van der Waals surface area contributed by atoms with Crippen LogP contribution in [0.4, 0.5) is 4.39 Å². The van der Waals surface area contributed by atoms with Crippen LogP contribution in [0.2, 0.25) is 0 Å². The molecule has 0 saturated heterocycles. The first kappa shape index (κ1) is 9.96. The van der Waals surface area contributed by atoms with Gasteiger partial charge in [0.1, 0.15) is 0 Å². The first-order chi connectivity index (χ1) is 6.13. The third-order valence-corrected chi connectivity index (χ3v) is 1.97. The first-order valence-corrected chi connectivity index (χ1v) is 4.40. The van der Waals surface area contributed by atoms with E-state index in [0.29, 0.717) is 18.7 Å². The Morgan fingerprint density at radius 2 is 2.08 bits per heavy atom. The molecule has 1 aliphatic rings. The minimum atomic E-state index is -0.615. The fourth-order valence-electron chi connectivity index (χ4n) is 1.18. The van der Waals surface area contributed by atoms with Crippen LogP contribution in [0.1, 0.15) is 20.3 Å². The summed E-state index contributed by atoms with van der Waals surface area (Å²) in [5, 5.41) is 0. The number of nitrogens with zero attached hydrogens (tertiary/aromatic N) is 1. The summed E-state index contributed by atoms with van der Waals surface area (Å²) in [6.45, 7) is 4.36. The lowest BCUT2D eigenvalue weighted by Gasteiger charge is -2.22. The van der Waals surface area contributed by atoms with Crippen molar-refractivity contribution in [2.45, 2.75) is 20.3 Å². The molecule has 0 N–H and O–H groups in total. The zero-order valence-corrected chi connectivity index (χ0v) is 8.01. The number of carbonyl (C=O) groups excluding carboxylic acids is 1. The summed E-state index contributed by atoms with van der Waals surface area (Å²) in [5.74, 6) is -1.10. The molecule has 0 aromatic rings. The van der Waals surface area contributed by atoms with Crippen LogP contribution in [0.5, 0.6) is 0 Å². The van der Waals surface area contributed by atoms with E-state index in [0.717, 1.165) is 6.42 Å². The highest BCUT2D eigenvalue weighted by Gasteiger charge is 2.18. The average molecular weight is 183 g/mol. The number of allylic oxidation sites excluding steroid dienone is 1. The standard InChI is InChI=1S/C10H14FNO/c1-8(2)9(11)10(13)12-6-4-3-5-7-12/h3-4H,5-7H2,1-2H3. The Morgan fingerprint density at radius 3 is 2.54 bits per heavy atom. The van der Waals surface area contributed by atoms with Gasteiger partial charge in [-0.2, -0.15) is 0 Å². The minimum absolute atomic E-state index is 0.444. The lowest BCUT2D eigenvalue weighted by Crippen LogP contribution is -2.34. The largest absolute Gasteiger partial charge is 0.333 e. The number of hydrogen-bond donors (Lipinski definition) is 0. The molecular formula is C10H14FNO. The van der Waals surface area contributed by atoms with Crippen LogP contribution in [0.3, 0.4) is 0 Å². The molecule has 2 nitrogen and oxygen atoms in total. The van der Waals surface area contributed by atoms with Crippen molar-refractivity contribution in [1.29, 1.82) is 0 Å². The van der Waals surface area contributed by atoms with E-state index < -0.39 is 11.7 Å². The predicted molar refractivity (Wildman–Crippen MR) is 49.8 cm³/mol. The van der Waals surface area contributed by atoms with Gasteiger partial charge in [0.25, 0.3) is 5.91 Å². The SMILES string of the molecule is CC(C)=C(F)C(=O)N1CC=CCC1. The highest BCUT2D eigenvalue weighted by atomic mass is 19.1. The molecule has 0 bridgehead atoms. The quantitative estimate of drug-likeness (QED) is 0.450. The van der Waals surface area contributed by atoms with Crippen molar-refractivity contribution in [3.63, 3.8) is 0 Å². The second-order valence-electron chi connectivity index (χ2n) is 3.33. The molecule has 0 aromatic heterocycles. The molecule has 13 heavy (non-hydrogen) atoms. The third-order valence-electron chi connectivity index (χ3n) is 1.97. The maximum Gasteiger partial charge on any atom is 0.282 e. The van der Waals surface area contributed by atoms with E-state index in [1.54, 1.807) is 13.8 Å². The molecule has 0 aliphatic carbocycles. The van der Waals surface area contributed by atoms with Crippen LogP contribution in [-0.4, -0.2) is 23.9 Å². The Labute approximate surface area is 77.7 Å². The molecule has 1 rings (SSSR count).